The highest BCUT2D eigenvalue weighted by atomic mass is 35.5. The zero-order valence-electron chi connectivity index (χ0n) is 13.8. The van der Waals surface area contributed by atoms with Crippen molar-refractivity contribution in [1.29, 1.82) is 0 Å². The Morgan fingerprint density at radius 1 is 0.516 bits per heavy atom. The first-order valence-corrected chi connectivity index (χ1v) is 7.44. The van der Waals surface area contributed by atoms with Crippen molar-refractivity contribution >= 4 is 16.8 Å². The molecule has 0 aliphatic carbocycles. The van der Waals surface area contributed by atoms with E-state index >= 15 is 0 Å². The summed E-state index contributed by atoms with van der Waals surface area (Å²) in [6.07, 6.45) is -13.3. The second kappa shape index (κ2) is 7.97. The second-order valence-electron chi connectivity index (χ2n) is 5.86. The minimum atomic E-state index is -8.64. The highest BCUT2D eigenvalue weighted by Gasteiger charge is 2.95. The van der Waals surface area contributed by atoms with E-state index in [-0.39, 0.29) is 0 Å². The Bertz CT molecular complexity index is 665. The van der Waals surface area contributed by atoms with Gasteiger partial charge in [0.2, 0.25) is 5.24 Å². The maximum absolute atomic E-state index is 13.4. The summed E-state index contributed by atoms with van der Waals surface area (Å²) in [5.41, 5.74) is 0. The number of carbonyl (C=O) groups excluding carboxylic acids is 1. The van der Waals surface area contributed by atoms with Crippen LogP contribution < -0.4 is 0 Å². The molecule has 0 rings (SSSR count). The molecular weight excluding hydrogens is 519 g/mol. The average Bonchev–Trinajstić information content (AvgIpc) is 2.51. The molecule has 0 aromatic heterocycles. The average molecular weight is 525 g/mol. The van der Waals surface area contributed by atoms with E-state index in [0.717, 1.165) is 0 Å². The van der Waals surface area contributed by atoms with Crippen LogP contribution in [0.5, 0.6) is 0 Å². The molecule has 1 nitrogen and oxygen atoms in total. The predicted octanol–water partition coefficient (Wildman–Crippen LogP) is 6.93. The minimum absolute atomic E-state index is 1.28. The molecule has 0 N–H and O–H groups in total. The van der Waals surface area contributed by atoms with Gasteiger partial charge in [0.1, 0.15) is 0 Å². The Kier molecular flexibility index (Phi) is 7.65. The van der Waals surface area contributed by atoms with Gasteiger partial charge in [0.05, 0.1) is 0 Å². The standard InChI is InChI=1S/C12H6ClF17O/c13-4(31)2-1-3-5(14,15)6(16,17)7(18,19)8(20,21)9(22,23)10(24,25)11(26,27)12(28,29)30/h1-3H2. The van der Waals surface area contributed by atoms with E-state index in [2.05, 4.69) is 11.6 Å². The third-order valence-electron chi connectivity index (χ3n) is 3.65. The summed E-state index contributed by atoms with van der Waals surface area (Å²) in [5, 5.41) is -1.54. The van der Waals surface area contributed by atoms with Gasteiger partial charge in [-0.3, -0.25) is 4.79 Å². The van der Waals surface area contributed by atoms with Crippen molar-refractivity contribution in [3.8, 4) is 0 Å². The molecule has 0 saturated heterocycles. The highest BCUT2D eigenvalue weighted by Crippen LogP contribution is 2.64. The van der Waals surface area contributed by atoms with Gasteiger partial charge in [0, 0.05) is 12.8 Å². The molecule has 31 heavy (non-hydrogen) atoms. The zero-order valence-corrected chi connectivity index (χ0v) is 14.6. The van der Waals surface area contributed by atoms with E-state index in [1.807, 2.05) is 0 Å². The molecule has 186 valence electrons. The number of alkyl halides is 17. The van der Waals surface area contributed by atoms with Crippen LogP contribution in [0.15, 0.2) is 0 Å². The lowest BCUT2D eigenvalue weighted by Gasteiger charge is -2.42. The molecule has 0 aliphatic heterocycles. The Hall–Kier alpha value is -1.23. The summed E-state index contributed by atoms with van der Waals surface area (Å²) in [5.74, 6) is -56.5. The monoisotopic (exact) mass is 524 g/mol. The molecular formula is C12H6ClF17O. The number of carbonyl (C=O) groups is 1. The highest BCUT2D eigenvalue weighted by molar-refractivity contribution is 6.63. The Morgan fingerprint density at radius 3 is 1.10 bits per heavy atom. The minimum Gasteiger partial charge on any atom is -0.281 e. The largest absolute Gasteiger partial charge is 0.460 e. The van der Waals surface area contributed by atoms with E-state index in [9.17, 15) is 79.4 Å². The van der Waals surface area contributed by atoms with Crippen molar-refractivity contribution in [2.24, 2.45) is 0 Å². The topological polar surface area (TPSA) is 17.1 Å². The van der Waals surface area contributed by atoms with Gasteiger partial charge in [0.25, 0.3) is 0 Å². The first-order valence-electron chi connectivity index (χ1n) is 7.06. The maximum atomic E-state index is 13.4. The van der Waals surface area contributed by atoms with Crippen LogP contribution in [0.25, 0.3) is 0 Å². The molecule has 0 bridgehead atoms. The fraction of sp³-hybridized carbons (Fsp3) is 0.917. The molecule has 0 heterocycles. The van der Waals surface area contributed by atoms with E-state index in [4.69, 9.17) is 0 Å². The summed E-state index contributed by atoms with van der Waals surface area (Å²) in [7, 11) is 0. The van der Waals surface area contributed by atoms with Crippen LogP contribution in [0, 0.1) is 0 Å². The molecule has 0 saturated carbocycles. The molecule has 0 atom stereocenters. The first-order chi connectivity index (χ1) is 13.2. The molecule has 0 aromatic rings. The molecule has 0 radical (unpaired) electrons. The van der Waals surface area contributed by atoms with Crippen molar-refractivity contribution in [2.75, 3.05) is 0 Å². The van der Waals surface area contributed by atoms with Gasteiger partial charge in [-0.2, -0.15) is 74.6 Å². The van der Waals surface area contributed by atoms with E-state index in [0.29, 0.717) is 0 Å². The lowest BCUT2D eigenvalue weighted by Crippen LogP contribution is -2.74. The summed E-state index contributed by atoms with van der Waals surface area (Å²) < 4.78 is 220. The molecule has 0 aliphatic rings. The second-order valence-corrected chi connectivity index (χ2v) is 6.28. The van der Waals surface area contributed by atoms with E-state index in [1.54, 1.807) is 0 Å². The summed E-state index contributed by atoms with van der Waals surface area (Å²) >= 11 is 4.59. The van der Waals surface area contributed by atoms with Crippen molar-refractivity contribution in [2.45, 2.75) is 66.9 Å². The normalized spacial score (nSPS) is 15.9. The van der Waals surface area contributed by atoms with Gasteiger partial charge >= 0.3 is 47.6 Å². The Labute approximate surface area is 164 Å². The zero-order chi connectivity index (χ0) is 25.7. The molecule has 0 spiro atoms. The molecule has 0 aromatic carbocycles. The van der Waals surface area contributed by atoms with Crippen LogP contribution in [0.4, 0.5) is 74.6 Å². The lowest BCUT2D eigenvalue weighted by atomic mass is 9.88. The van der Waals surface area contributed by atoms with Crippen molar-refractivity contribution in [3.63, 3.8) is 0 Å². The van der Waals surface area contributed by atoms with Crippen LogP contribution in [0.1, 0.15) is 19.3 Å². The van der Waals surface area contributed by atoms with E-state index < -0.39 is 72.1 Å². The Morgan fingerprint density at radius 2 is 0.806 bits per heavy atom. The van der Waals surface area contributed by atoms with Crippen molar-refractivity contribution < 1.29 is 79.4 Å². The van der Waals surface area contributed by atoms with E-state index in [1.165, 1.54) is 0 Å². The van der Waals surface area contributed by atoms with Gasteiger partial charge < -0.3 is 0 Å². The van der Waals surface area contributed by atoms with Gasteiger partial charge in [-0.25, -0.2) is 0 Å². The maximum Gasteiger partial charge on any atom is 0.460 e. The quantitative estimate of drug-likeness (QED) is 0.224. The molecule has 0 unspecified atom stereocenters. The molecule has 0 amide bonds. The van der Waals surface area contributed by atoms with Crippen molar-refractivity contribution in [1.82, 2.24) is 0 Å². The third-order valence-corrected chi connectivity index (χ3v) is 3.84. The van der Waals surface area contributed by atoms with Crippen LogP contribution in [0.2, 0.25) is 0 Å². The van der Waals surface area contributed by atoms with Gasteiger partial charge in [0.15, 0.2) is 0 Å². The summed E-state index contributed by atoms with van der Waals surface area (Å²) in [6, 6.07) is 0. The Balaban J connectivity index is 6.46. The SMILES string of the molecule is O=C(Cl)CCCC(F)(F)C(F)(F)C(F)(F)C(F)(F)C(F)(F)C(F)(F)C(F)(F)C(F)(F)F. The number of hydrogen-bond donors (Lipinski definition) is 0. The summed E-state index contributed by atoms with van der Waals surface area (Å²) in [4.78, 5) is 10.3. The number of halogens is 18. The van der Waals surface area contributed by atoms with Crippen LogP contribution >= 0.6 is 11.6 Å². The number of hydrogen-bond acceptors (Lipinski definition) is 1. The van der Waals surface area contributed by atoms with Crippen LogP contribution in [-0.2, 0) is 4.79 Å². The van der Waals surface area contributed by atoms with Gasteiger partial charge in [-0.15, -0.1) is 0 Å². The van der Waals surface area contributed by atoms with Crippen LogP contribution in [0.3, 0.4) is 0 Å². The molecule has 19 heteroatoms. The van der Waals surface area contributed by atoms with Gasteiger partial charge in [-0.1, -0.05) is 0 Å². The fourth-order valence-corrected chi connectivity index (χ4v) is 1.94. The predicted molar refractivity (Wildman–Crippen MR) is 65.4 cm³/mol. The van der Waals surface area contributed by atoms with Gasteiger partial charge in [-0.05, 0) is 18.0 Å². The molecule has 0 fully saturated rings. The summed E-state index contributed by atoms with van der Waals surface area (Å²) in [6.45, 7) is 0. The number of rotatable bonds is 10. The fourth-order valence-electron chi connectivity index (χ4n) is 1.80. The lowest BCUT2D eigenvalue weighted by molar-refractivity contribution is -0.461. The first kappa shape index (κ1) is 29.8. The van der Waals surface area contributed by atoms with Crippen molar-refractivity contribution in [3.05, 3.63) is 0 Å². The third kappa shape index (κ3) is 4.36. The smallest absolute Gasteiger partial charge is 0.281 e. The van der Waals surface area contributed by atoms with Crippen LogP contribution in [-0.4, -0.2) is 52.9 Å².